The third-order valence-corrected chi connectivity index (χ3v) is 9.38. The van der Waals surface area contributed by atoms with Gasteiger partial charge in [-0.15, -0.1) is 0 Å². The lowest BCUT2D eigenvalue weighted by Crippen LogP contribution is -2.34. The zero-order chi connectivity index (χ0) is 37.1. The van der Waals surface area contributed by atoms with Gasteiger partial charge in [-0.25, -0.2) is 45.5 Å². The molecule has 0 saturated heterocycles. The molecule has 18 heteroatoms. The second-order valence-electron chi connectivity index (χ2n) is 10.6. The van der Waals surface area contributed by atoms with Crippen molar-refractivity contribution in [1.29, 1.82) is 0 Å². The van der Waals surface area contributed by atoms with Crippen LogP contribution in [0.2, 0.25) is 0 Å². The van der Waals surface area contributed by atoms with Crippen LogP contribution in [0, 0.1) is 0 Å². The summed E-state index contributed by atoms with van der Waals surface area (Å²) in [5.41, 5.74) is 1.65. The van der Waals surface area contributed by atoms with Crippen LogP contribution in [-0.4, -0.2) is 41.0 Å². The van der Waals surface area contributed by atoms with E-state index >= 15 is 0 Å². The molecule has 0 radical (unpaired) electrons. The van der Waals surface area contributed by atoms with Crippen molar-refractivity contribution in [1.82, 2.24) is 9.44 Å². The zero-order valence-electron chi connectivity index (χ0n) is 26.8. The van der Waals surface area contributed by atoms with E-state index in [1.54, 1.807) is 60.7 Å². The quantitative estimate of drug-likeness (QED) is 0.0844. The van der Waals surface area contributed by atoms with E-state index in [0.717, 1.165) is 0 Å². The molecule has 5 rings (SSSR count). The second-order valence-corrected chi connectivity index (χ2v) is 14.0. The van der Waals surface area contributed by atoms with Gasteiger partial charge in [-0.05, 0) is 84.9 Å². The molecule has 0 spiro atoms. The van der Waals surface area contributed by atoms with E-state index in [0.29, 0.717) is 11.4 Å². The number of carbonyl (C=O) groups excluding carboxylic acids is 4. The molecule has 0 bridgehead atoms. The summed E-state index contributed by atoms with van der Waals surface area (Å²) < 4.78 is 55.2. The number of benzene rings is 5. The highest BCUT2D eigenvalue weighted by atomic mass is 32.2. The number of hydrogen-bond donors (Lipinski definition) is 8. The van der Waals surface area contributed by atoms with Crippen molar-refractivity contribution in [3.8, 4) is 0 Å². The van der Waals surface area contributed by atoms with Gasteiger partial charge in [-0.3, -0.25) is 0 Å². The molecule has 5 aromatic rings. The van der Waals surface area contributed by atoms with E-state index in [4.69, 9.17) is 0 Å². The minimum absolute atomic E-state index is 0.139. The second kappa shape index (κ2) is 16.2. The van der Waals surface area contributed by atoms with Crippen LogP contribution in [0.3, 0.4) is 0 Å². The molecule has 16 nitrogen and oxygen atoms in total. The molecule has 0 aliphatic heterocycles. The highest BCUT2D eigenvalue weighted by Gasteiger charge is 2.20. The Morgan fingerprint density at radius 1 is 0.327 bits per heavy atom. The molecule has 0 unspecified atom stereocenters. The number of amides is 8. The summed E-state index contributed by atoms with van der Waals surface area (Å²) in [6.45, 7) is 0. The summed E-state index contributed by atoms with van der Waals surface area (Å²) in [5.74, 6) is 0. The van der Waals surface area contributed by atoms with Gasteiger partial charge in [0.2, 0.25) is 0 Å². The van der Waals surface area contributed by atoms with Gasteiger partial charge in [0.25, 0.3) is 20.0 Å². The lowest BCUT2D eigenvalue weighted by Gasteiger charge is -2.12. The molecule has 266 valence electrons. The number of sulfonamides is 2. The fourth-order valence-electron chi connectivity index (χ4n) is 4.42. The normalized spacial score (nSPS) is 10.9. The molecule has 0 aliphatic carbocycles. The summed E-state index contributed by atoms with van der Waals surface area (Å²) >= 11 is 0. The molecule has 52 heavy (non-hydrogen) atoms. The Hall–Kier alpha value is -6.92. The molecule has 0 aromatic heterocycles. The van der Waals surface area contributed by atoms with Crippen molar-refractivity contribution >= 4 is 78.3 Å². The van der Waals surface area contributed by atoms with E-state index in [-0.39, 0.29) is 32.5 Å². The maximum atomic E-state index is 12.9. The highest BCUT2D eigenvalue weighted by Crippen LogP contribution is 2.19. The topological polar surface area (TPSA) is 233 Å². The third kappa shape index (κ3) is 10.5. The summed E-state index contributed by atoms with van der Waals surface area (Å²) in [6.07, 6.45) is 0. The van der Waals surface area contributed by atoms with Gasteiger partial charge in [-0.1, -0.05) is 48.5 Å². The first kappa shape index (κ1) is 36.4. The molecule has 5 aromatic carbocycles. The SMILES string of the molecule is O=C(Nc1ccccc1)Nc1cccc(S(=O)(=O)NC(=O)Nc2ccc(NC(=O)NS(=O)(=O)c3cccc(NC(=O)Nc4ccccc4)c3)cc2)c1. The molecular formula is C34H30N8O8S2. The summed E-state index contributed by atoms with van der Waals surface area (Å²) in [7, 11) is -8.73. The Balaban J connectivity index is 1.11. The predicted molar refractivity (Wildman–Crippen MR) is 196 cm³/mol. The van der Waals surface area contributed by atoms with Gasteiger partial charge >= 0.3 is 24.1 Å². The highest BCUT2D eigenvalue weighted by molar-refractivity contribution is 7.90. The molecule has 0 fully saturated rings. The van der Waals surface area contributed by atoms with Crippen LogP contribution in [0.5, 0.6) is 0 Å². The number of nitrogens with one attached hydrogen (secondary N) is 8. The zero-order valence-corrected chi connectivity index (χ0v) is 28.4. The fourth-order valence-corrected chi connectivity index (χ4v) is 6.33. The Bertz CT molecular complexity index is 2150. The monoisotopic (exact) mass is 742 g/mol. The first-order valence-corrected chi connectivity index (χ1v) is 18.1. The minimum Gasteiger partial charge on any atom is -0.308 e. The smallest absolute Gasteiger partial charge is 0.308 e. The third-order valence-electron chi connectivity index (χ3n) is 6.72. The van der Waals surface area contributed by atoms with Crippen LogP contribution in [0.25, 0.3) is 0 Å². The maximum Gasteiger partial charge on any atom is 0.333 e. The predicted octanol–water partition coefficient (Wildman–Crippen LogP) is 6.00. The summed E-state index contributed by atoms with van der Waals surface area (Å²) in [5, 5.41) is 15.0. The van der Waals surface area contributed by atoms with Gasteiger partial charge in [0.05, 0.1) is 9.79 Å². The van der Waals surface area contributed by atoms with Crippen LogP contribution in [0.1, 0.15) is 0 Å². The first-order chi connectivity index (χ1) is 24.8. The van der Waals surface area contributed by atoms with Crippen molar-refractivity contribution in [3.63, 3.8) is 0 Å². The Morgan fingerprint density at radius 3 is 0.981 bits per heavy atom. The minimum atomic E-state index is -4.36. The van der Waals surface area contributed by atoms with Gasteiger partial charge < -0.3 is 31.9 Å². The average Bonchev–Trinajstić information content (AvgIpc) is 3.09. The van der Waals surface area contributed by atoms with Gasteiger partial charge in [-0.2, -0.15) is 0 Å². The summed E-state index contributed by atoms with van der Waals surface area (Å²) in [4.78, 5) is 49.1. The Kier molecular flexibility index (Phi) is 11.3. The number of carbonyl (C=O) groups is 4. The van der Waals surface area contributed by atoms with Gasteiger partial charge in [0.15, 0.2) is 0 Å². The molecule has 0 aliphatic rings. The molecule has 8 amide bonds. The number of rotatable bonds is 10. The lowest BCUT2D eigenvalue weighted by atomic mass is 10.3. The lowest BCUT2D eigenvalue weighted by molar-refractivity contribution is 0.255. The molecule has 0 atom stereocenters. The van der Waals surface area contributed by atoms with Crippen molar-refractivity contribution in [3.05, 3.63) is 133 Å². The average molecular weight is 743 g/mol. The molecular weight excluding hydrogens is 713 g/mol. The largest absolute Gasteiger partial charge is 0.333 e. The number of anilines is 6. The van der Waals surface area contributed by atoms with E-state index in [2.05, 4.69) is 31.9 Å². The first-order valence-electron chi connectivity index (χ1n) is 15.1. The van der Waals surface area contributed by atoms with Gasteiger partial charge in [0, 0.05) is 34.1 Å². The number of hydrogen-bond acceptors (Lipinski definition) is 8. The maximum absolute atomic E-state index is 12.9. The van der Waals surface area contributed by atoms with Crippen LogP contribution < -0.4 is 41.3 Å². The van der Waals surface area contributed by atoms with Crippen molar-refractivity contribution in [2.75, 3.05) is 31.9 Å². The van der Waals surface area contributed by atoms with Crippen LogP contribution in [0.4, 0.5) is 53.3 Å². The molecule has 8 N–H and O–H groups in total. The van der Waals surface area contributed by atoms with Crippen molar-refractivity contribution in [2.24, 2.45) is 0 Å². The van der Waals surface area contributed by atoms with Crippen LogP contribution in [-0.2, 0) is 20.0 Å². The fraction of sp³-hybridized carbons (Fsp3) is 0. The van der Waals surface area contributed by atoms with Crippen molar-refractivity contribution < 1.29 is 36.0 Å². The van der Waals surface area contributed by atoms with Crippen LogP contribution >= 0.6 is 0 Å². The van der Waals surface area contributed by atoms with Gasteiger partial charge in [0.1, 0.15) is 0 Å². The van der Waals surface area contributed by atoms with E-state index < -0.39 is 44.2 Å². The summed E-state index contributed by atoms with van der Waals surface area (Å²) in [6, 6.07) is 29.7. The Morgan fingerprint density at radius 2 is 0.615 bits per heavy atom. The number of para-hydroxylation sites is 2. The molecule has 0 saturated carbocycles. The van der Waals surface area contributed by atoms with E-state index in [1.807, 2.05) is 9.44 Å². The molecule has 0 heterocycles. The number of urea groups is 4. The standard InChI is InChI=1S/C34H30N8O8S2/c43-31(35-23-9-3-1-4-10-23)39-27-13-7-15-29(21-27)51(47,48)41-33(45)37-25-17-19-26(20-18-25)38-34(46)42-52(49,50)30-16-8-14-28(22-30)40-32(44)36-24-11-5-2-6-12-24/h1-22H,(H2,35,39,43)(H2,36,40,44)(H2,37,41,45)(H2,38,42,46). The van der Waals surface area contributed by atoms with E-state index in [9.17, 15) is 36.0 Å². The van der Waals surface area contributed by atoms with Crippen molar-refractivity contribution in [2.45, 2.75) is 9.79 Å². The van der Waals surface area contributed by atoms with Crippen LogP contribution in [0.15, 0.2) is 143 Å². The van der Waals surface area contributed by atoms with E-state index in [1.165, 1.54) is 72.8 Å². The Labute approximate surface area is 298 Å².